The Balaban J connectivity index is 1.46. The lowest BCUT2D eigenvalue weighted by atomic mass is 9.80. The summed E-state index contributed by atoms with van der Waals surface area (Å²) in [5.74, 6) is -1.82. The molecule has 2 N–H and O–H groups in total. The number of nitrogens with zero attached hydrogens (tertiary/aromatic N) is 3. The summed E-state index contributed by atoms with van der Waals surface area (Å²) in [7, 11) is -2.34. The summed E-state index contributed by atoms with van der Waals surface area (Å²) in [5, 5.41) is 2.31. The zero-order chi connectivity index (χ0) is 32.0. The molecule has 1 spiro atoms. The van der Waals surface area contributed by atoms with E-state index in [2.05, 4.69) is 14.9 Å². The first-order chi connectivity index (χ1) is 20.6. The SMILES string of the molecule is [C-]#[N+][C@@H]1C[C@@]2(CN1C(=O)[C@H](CC(C)(C)C)N(C)C(=O)[C@H](Cc1ccc(F)cc1)NS(=O)(=O)C1CC1)C(=O)Nc1ccccc12. The maximum atomic E-state index is 14.4. The Hall–Kier alpha value is -3.82. The smallest absolute Gasteiger partial charge is 0.302 e. The molecule has 3 amide bonds. The van der Waals surface area contributed by atoms with Crippen LogP contribution in [-0.4, -0.2) is 73.0 Å². The average molecular weight is 624 g/mol. The molecule has 4 atom stereocenters. The summed E-state index contributed by atoms with van der Waals surface area (Å²) in [5.41, 5.74) is 0.425. The molecule has 2 aliphatic heterocycles. The van der Waals surface area contributed by atoms with Gasteiger partial charge in [-0.15, -0.1) is 0 Å². The summed E-state index contributed by atoms with van der Waals surface area (Å²) in [6.07, 6.45) is 0.385. The number of carbonyl (C=O) groups is 3. The second-order valence-corrected chi connectivity index (χ2v) is 15.3. The van der Waals surface area contributed by atoms with E-state index in [0.717, 1.165) is 5.56 Å². The maximum Gasteiger partial charge on any atom is 0.302 e. The van der Waals surface area contributed by atoms with Gasteiger partial charge < -0.3 is 10.2 Å². The number of halogens is 1. The predicted molar refractivity (Wildman–Crippen MR) is 163 cm³/mol. The van der Waals surface area contributed by atoms with Gasteiger partial charge in [0.1, 0.15) is 23.3 Å². The van der Waals surface area contributed by atoms with Gasteiger partial charge in [-0.1, -0.05) is 51.1 Å². The monoisotopic (exact) mass is 623 g/mol. The van der Waals surface area contributed by atoms with Crippen molar-refractivity contribution in [1.82, 2.24) is 14.5 Å². The van der Waals surface area contributed by atoms with E-state index < -0.39 is 62.0 Å². The molecular formula is C32H38FN5O5S. The van der Waals surface area contributed by atoms with Crippen LogP contribution in [0.1, 0.15) is 57.6 Å². The Morgan fingerprint density at radius 3 is 2.45 bits per heavy atom. The number of likely N-dealkylation sites (tertiary alicyclic amines) is 1. The molecule has 5 rings (SSSR count). The highest BCUT2D eigenvalue weighted by molar-refractivity contribution is 7.90. The van der Waals surface area contributed by atoms with Gasteiger partial charge in [-0.2, -0.15) is 0 Å². The number of nitrogens with one attached hydrogen (secondary N) is 2. The van der Waals surface area contributed by atoms with Crippen molar-refractivity contribution < 1.29 is 27.2 Å². The molecule has 1 saturated heterocycles. The Bertz CT molecular complexity index is 1610. The fraction of sp³-hybridized carbons (Fsp3) is 0.500. The molecule has 3 aliphatic rings. The van der Waals surface area contributed by atoms with Crippen molar-refractivity contribution in [2.45, 2.75) is 81.8 Å². The standard InChI is InChI=1S/C32H38FN5O5S/c1-31(2,3)17-26(29(40)38-19-32(18-27(38)34-4)23-8-6-7-9-24(23)35-30(32)41)37(5)28(39)25(36-44(42,43)22-14-15-22)16-20-10-12-21(33)13-11-20/h6-13,22,25-27,36H,14-19H2,1-3,5H3,(H,35,41)/t25-,26-,27-,32-/m0/s1. The third kappa shape index (κ3) is 6.21. The number of para-hydroxylation sites is 1. The van der Waals surface area contributed by atoms with E-state index in [4.69, 9.17) is 6.57 Å². The fourth-order valence-electron chi connectivity index (χ4n) is 6.23. The number of carbonyl (C=O) groups excluding carboxylic acids is 3. The molecule has 0 bridgehead atoms. The Labute approximate surface area is 257 Å². The zero-order valence-corrected chi connectivity index (χ0v) is 26.2. The quantitative estimate of drug-likeness (QED) is 0.415. The number of hydrogen-bond acceptors (Lipinski definition) is 5. The number of benzene rings is 2. The summed E-state index contributed by atoms with van der Waals surface area (Å²) >= 11 is 0. The first kappa shape index (κ1) is 31.6. The van der Waals surface area contributed by atoms with E-state index in [9.17, 15) is 27.2 Å². The van der Waals surface area contributed by atoms with Crippen molar-refractivity contribution in [3.63, 3.8) is 0 Å². The molecule has 234 valence electrons. The molecule has 0 unspecified atom stereocenters. The lowest BCUT2D eigenvalue weighted by molar-refractivity contribution is -0.147. The van der Waals surface area contributed by atoms with Crippen molar-refractivity contribution in [3.05, 3.63) is 76.9 Å². The number of anilines is 1. The number of likely N-dealkylation sites (N-methyl/N-ethyl adjacent to an activating group) is 1. The third-order valence-electron chi connectivity index (χ3n) is 8.72. The lowest BCUT2D eigenvalue weighted by Crippen LogP contribution is -2.57. The summed E-state index contributed by atoms with van der Waals surface area (Å²) < 4.78 is 42.1. The van der Waals surface area contributed by atoms with Gasteiger partial charge in [-0.05, 0) is 60.4 Å². The van der Waals surface area contributed by atoms with Gasteiger partial charge in [-0.3, -0.25) is 24.1 Å². The first-order valence-corrected chi connectivity index (χ1v) is 16.3. The first-order valence-electron chi connectivity index (χ1n) is 14.8. The van der Waals surface area contributed by atoms with Crippen molar-refractivity contribution >= 4 is 33.4 Å². The molecule has 2 heterocycles. The van der Waals surface area contributed by atoms with Gasteiger partial charge in [-0.25, -0.2) is 24.1 Å². The highest BCUT2D eigenvalue weighted by Crippen LogP contribution is 2.47. The van der Waals surface area contributed by atoms with Gasteiger partial charge in [0.05, 0.1) is 11.7 Å². The molecule has 1 saturated carbocycles. The zero-order valence-electron chi connectivity index (χ0n) is 25.3. The minimum absolute atomic E-state index is 0.0162. The van der Waals surface area contributed by atoms with Crippen molar-refractivity contribution in [2.75, 3.05) is 18.9 Å². The third-order valence-corrected chi connectivity index (χ3v) is 10.7. The van der Waals surface area contributed by atoms with Crippen LogP contribution in [0.4, 0.5) is 10.1 Å². The summed E-state index contributed by atoms with van der Waals surface area (Å²) in [6, 6.07) is 10.4. The van der Waals surface area contributed by atoms with Crippen LogP contribution >= 0.6 is 0 Å². The van der Waals surface area contributed by atoms with Gasteiger partial charge in [0.15, 0.2) is 0 Å². The van der Waals surface area contributed by atoms with Crippen LogP contribution in [0.25, 0.3) is 4.85 Å². The van der Waals surface area contributed by atoms with Crippen LogP contribution in [-0.2, 0) is 36.2 Å². The molecule has 10 nitrogen and oxygen atoms in total. The average Bonchev–Trinajstić information content (AvgIpc) is 3.71. The molecule has 1 aliphatic carbocycles. The van der Waals surface area contributed by atoms with Crippen LogP contribution < -0.4 is 10.0 Å². The van der Waals surface area contributed by atoms with E-state index in [-0.39, 0.29) is 31.7 Å². The second-order valence-electron chi connectivity index (χ2n) is 13.3. The van der Waals surface area contributed by atoms with Crippen molar-refractivity contribution in [3.8, 4) is 0 Å². The number of amides is 3. The van der Waals surface area contributed by atoms with Crippen LogP contribution in [0.5, 0.6) is 0 Å². The summed E-state index contributed by atoms with van der Waals surface area (Å²) in [6.45, 7) is 13.7. The Kier molecular flexibility index (Phi) is 8.33. The van der Waals surface area contributed by atoms with E-state index in [0.29, 0.717) is 24.1 Å². The van der Waals surface area contributed by atoms with E-state index in [1.165, 1.54) is 41.1 Å². The number of rotatable bonds is 9. The molecule has 2 aromatic rings. The fourth-order valence-corrected chi connectivity index (χ4v) is 7.76. The minimum Gasteiger partial charge on any atom is -0.332 e. The van der Waals surface area contributed by atoms with Gasteiger partial charge >= 0.3 is 6.17 Å². The molecule has 44 heavy (non-hydrogen) atoms. The molecular weight excluding hydrogens is 585 g/mol. The van der Waals surface area contributed by atoms with Gasteiger partial charge in [0, 0.05) is 19.3 Å². The molecule has 2 aromatic carbocycles. The predicted octanol–water partition coefficient (Wildman–Crippen LogP) is 3.45. The number of sulfonamides is 1. The number of hydrogen-bond donors (Lipinski definition) is 2. The van der Waals surface area contributed by atoms with Crippen molar-refractivity contribution in [1.29, 1.82) is 0 Å². The van der Waals surface area contributed by atoms with Crippen molar-refractivity contribution in [2.24, 2.45) is 5.41 Å². The van der Waals surface area contributed by atoms with Crippen LogP contribution in [0.3, 0.4) is 0 Å². The summed E-state index contributed by atoms with van der Waals surface area (Å²) in [4.78, 5) is 48.2. The topological polar surface area (TPSA) is 120 Å². The number of fused-ring (bicyclic) bond motifs is 2. The maximum absolute atomic E-state index is 14.4. The molecule has 2 fully saturated rings. The Morgan fingerprint density at radius 1 is 1.18 bits per heavy atom. The Morgan fingerprint density at radius 2 is 1.84 bits per heavy atom. The largest absolute Gasteiger partial charge is 0.332 e. The molecule has 0 radical (unpaired) electrons. The normalized spacial score (nSPS) is 22.7. The van der Waals surface area contributed by atoms with E-state index >= 15 is 0 Å². The highest BCUT2D eigenvalue weighted by atomic mass is 32.2. The second kappa shape index (κ2) is 11.6. The van der Waals surface area contributed by atoms with Gasteiger partial charge in [0.25, 0.3) is 5.91 Å². The van der Waals surface area contributed by atoms with Gasteiger partial charge in [0.2, 0.25) is 21.8 Å². The van der Waals surface area contributed by atoms with Crippen LogP contribution in [0, 0.1) is 17.8 Å². The lowest BCUT2D eigenvalue weighted by Gasteiger charge is -2.36. The van der Waals surface area contributed by atoms with E-state index in [1.54, 1.807) is 6.07 Å². The molecule has 12 heteroatoms. The molecule has 0 aromatic heterocycles. The highest BCUT2D eigenvalue weighted by Gasteiger charge is 2.59. The van der Waals surface area contributed by atoms with E-state index in [1.807, 2.05) is 39.0 Å². The van der Waals surface area contributed by atoms with Crippen LogP contribution in [0.2, 0.25) is 0 Å². The van der Waals surface area contributed by atoms with Crippen LogP contribution in [0.15, 0.2) is 48.5 Å². The minimum atomic E-state index is -3.80.